The monoisotopic (exact) mass is 276 g/mol. The van der Waals surface area contributed by atoms with Crippen molar-refractivity contribution in [2.24, 2.45) is 13.0 Å². The molecule has 0 radical (unpaired) electrons. The summed E-state index contributed by atoms with van der Waals surface area (Å²) in [6.45, 7) is 7.39. The minimum atomic E-state index is 0.986. The predicted octanol–water partition coefficient (Wildman–Crippen LogP) is 2.12. The average molecular weight is 276 g/mol. The molecule has 1 aromatic rings. The standard InChI is InChI=1S/C16H28N4/c1-18-12-16(11-17-18)14-20-8-4-7-19(9-10-20)13-15-5-2-3-6-15/h11-12,15H,2-10,13-14H2,1H3. The van der Waals surface area contributed by atoms with Gasteiger partial charge in [-0.15, -0.1) is 0 Å². The first-order valence-corrected chi connectivity index (χ1v) is 8.22. The van der Waals surface area contributed by atoms with Gasteiger partial charge >= 0.3 is 0 Å². The summed E-state index contributed by atoms with van der Waals surface area (Å²) in [7, 11) is 2.00. The highest BCUT2D eigenvalue weighted by Gasteiger charge is 2.21. The zero-order valence-corrected chi connectivity index (χ0v) is 12.8. The molecule has 0 N–H and O–H groups in total. The Hall–Kier alpha value is -0.870. The lowest BCUT2D eigenvalue weighted by Crippen LogP contribution is -2.33. The minimum absolute atomic E-state index is 0.986. The number of rotatable bonds is 4. The molecule has 112 valence electrons. The first-order chi connectivity index (χ1) is 9.79. The molecule has 1 aromatic heterocycles. The maximum Gasteiger partial charge on any atom is 0.0534 e. The summed E-state index contributed by atoms with van der Waals surface area (Å²) in [4.78, 5) is 5.30. The molecular formula is C16H28N4. The lowest BCUT2D eigenvalue weighted by Gasteiger charge is -2.24. The van der Waals surface area contributed by atoms with Crippen LogP contribution < -0.4 is 0 Å². The van der Waals surface area contributed by atoms with Crippen LogP contribution in [0.4, 0.5) is 0 Å². The van der Waals surface area contributed by atoms with Gasteiger partial charge in [0.1, 0.15) is 0 Å². The van der Waals surface area contributed by atoms with Crippen molar-refractivity contribution in [2.45, 2.75) is 38.6 Å². The van der Waals surface area contributed by atoms with Crippen molar-refractivity contribution in [1.82, 2.24) is 19.6 Å². The second-order valence-electron chi connectivity index (χ2n) is 6.60. The molecule has 20 heavy (non-hydrogen) atoms. The van der Waals surface area contributed by atoms with Crippen molar-refractivity contribution in [3.8, 4) is 0 Å². The highest BCUT2D eigenvalue weighted by molar-refractivity contribution is 5.03. The fourth-order valence-electron chi connectivity index (χ4n) is 3.73. The van der Waals surface area contributed by atoms with Gasteiger partial charge in [0.05, 0.1) is 6.20 Å². The Kier molecular flexibility index (Phi) is 4.73. The molecule has 4 heteroatoms. The third-order valence-electron chi connectivity index (χ3n) is 4.84. The van der Waals surface area contributed by atoms with E-state index in [1.165, 1.54) is 70.4 Å². The Bertz CT molecular complexity index is 408. The molecule has 1 aliphatic heterocycles. The van der Waals surface area contributed by atoms with Crippen LogP contribution in [0.25, 0.3) is 0 Å². The van der Waals surface area contributed by atoms with Gasteiger partial charge in [0, 0.05) is 45.0 Å². The summed E-state index contributed by atoms with van der Waals surface area (Å²) < 4.78 is 1.90. The molecule has 2 fully saturated rings. The van der Waals surface area contributed by atoms with E-state index in [0.717, 1.165) is 12.5 Å². The van der Waals surface area contributed by atoms with E-state index in [0.29, 0.717) is 0 Å². The van der Waals surface area contributed by atoms with Crippen molar-refractivity contribution < 1.29 is 0 Å². The molecule has 3 rings (SSSR count). The highest BCUT2D eigenvalue weighted by Crippen LogP contribution is 2.25. The van der Waals surface area contributed by atoms with Crippen LogP contribution in [0.5, 0.6) is 0 Å². The van der Waals surface area contributed by atoms with E-state index in [-0.39, 0.29) is 0 Å². The normalized spacial score (nSPS) is 23.2. The summed E-state index contributed by atoms with van der Waals surface area (Å²) in [5.41, 5.74) is 1.34. The summed E-state index contributed by atoms with van der Waals surface area (Å²) in [6, 6.07) is 0. The summed E-state index contributed by atoms with van der Waals surface area (Å²) >= 11 is 0. The van der Waals surface area contributed by atoms with Gasteiger partial charge in [-0.2, -0.15) is 5.10 Å². The first-order valence-electron chi connectivity index (χ1n) is 8.22. The van der Waals surface area contributed by atoms with Gasteiger partial charge in [0.2, 0.25) is 0 Å². The van der Waals surface area contributed by atoms with Crippen molar-refractivity contribution >= 4 is 0 Å². The maximum atomic E-state index is 4.27. The first kappa shape index (κ1) is 14.1. The second-order valence-corrected chi connectivity index (χ2v) is 6.60. The predicted molar refractivity (Wildman–Crippen MR) is 81.5 cm³/mol. The lowest BCUT2D eigenvalue weighted by molar-refractivity contribution is 0.226. The third-order valence-corrected chi connectivity index (χ3v) is 4.84. The molecule has 2 aliphatic rings. The van der Waals surface area contributed by atoms with E-state index in [9.17, 15) is 0 Å². The van der Waals surface area contributed by atoms with Crippen LogP contribution in [0, 0.1) is 5.92 Å². The molecule has 0 unspecified atom stereocenters. The van der Waals surface area contributed by atoms with Crippen LogP contribution in [0.2, 0.25) is 0 Å². The Morgan fingerprint density at radius 2 is 1.80 bits per heavy atom. The fraction of sp³-hybridized carbons (Fsp3) is 0.812. The smallest absolute Gasteiger partial charge is 0.0534 e. The molecule has 0 bridgehead atoms. The Labute approximate surface area is 122 Å². The SMILES string of the molecule is Cn1cc(CN2CCCN(CC3CCCC3)CC2)cn1. The quantitative estimate of drug-likeness (QED) is 0.842. The minimum Gasteiger partial charge on any atom is -0.302 e. The van der Waals surface area contributed by atoms with Gasteiger partial charge in [0.25, 0.3) is 0 Å². The van der Waals surface area contributed by atoms with Crippen LogP contribution in [-0.2, 0) is 13.6 Å². The summed E-state index contributed by atoms with van der Waals surface area (Å²) in [5.74, 6) is 0.986. The largest absolute Gasteiger partial charge is 0.302 e. The van der Waals surface area contributed by atoms with Crippen molar-refractivity contribution in [3.05, 3.63) is 18.0 Å². The number of aromatic nitrogens is 2. The summed E-state index contributed by atoms with van der Waals surface area (Å²) in [6.07, 6.45) is 11.3. The molecule has 1 saturated heterocycles. The van der Waals surface area contributed by atoms with E-state index in [4.69, 9.17) is 0 Å². The van der Waals surface area contributed by atoms with Gasteiger partial charge in [-0.05, 0) is 38.3 Å². The zero-order chi connectivity index (χ0) is 13.8. The molecule has 1 aliphatic carbocycles. The van der Waals surface area contributed by atoms with Gasteiger partial charge < -0.3 is 4.90 Å². The van der Waals surface area contributed by atoms with Crippen LogP contribution in [0.1, 0.15) is 37.7 Å². The second kappa shape index (κ2) is 6.72. The Morgan fingerprint density at radius 3 is 2.55 bits per heavy atom. The summed E-state index contributed by atoms with van der Waals surface area (Å²) in [5, 5.41) is 4.27. The van der Waals surface area contributed by atoms with Crippen molar-refractivity contribution in [1.29, 1.82) is 0 Å². The van der Waals surface area contributed by atoms with Crippen LogP contribution in [0.15, 0.2) is 12.4 Å². The van der Waals surface area contributed by atoms with E-state index in [1.807, 2.05) is 17.9 Å². The molecule has 2 heterocycles. The molecular weight excluding hydrogens is 248 g/mol. The number of aryl methyl sites for hydroxylation is 1. The van der Waals surface area contributed by atoms with Crippen molar-refractivity contribution in [2.75, 3.05) is 32.7 Å². The van der Waals surface area contributed by atoms with Gasteiger partial charge in [0.15, 0.2) is 0 Å². The van der Waals surface area contributed by atoms with E-state index < -0.39 is 0 Å². The van der Waals surface area contributed by atoms with Crippen LogP contribution in [-0.4, -0.2) is 52.3 Å². The fourth-order valence-corrected chi connectivity index (χ4v) is 3.73. The van der Waals surface area contributed by atoms with Gasteiger partial charge in [-0.25, -0.2) is 0 Å². The zero-order valence-electron chi connectivity index (χ0n) is 12.8. The third kappa shape index (κ3) is 3.83. The molecule has 0 atom stereocenters. The average Bonchev–Trinajstić information content (AvgIpc) is 3.01. The maximum absolute atomic E-state index is 4.27. The van der Waals surface area contributed by atoms with Crippen LogP contribution >= 0.6 is 0 Å². The number of hydrogen-bond acceptors (Lipinski definition) is 3. The van der Waals surface area contributed by atoms with Crippen LogP contribution in [0.3, 0.4) is 0 Å². The molecule has 0 spiro atoms. The molecule has 0 aromatic carbocycles. The van der Waals surface area contributed by atoms with E-state index in [2.05, 4.69) is 21.1 Å². The topological polar surface area (TPSA) is 24.3 Å². The molecule has 4 nitrogen and oxygen atoms in total. The molecule has 0 amide bonds. The Balaban J connectivity index is 1.46. The highest BCUT2D eigenvalue weighted by atomic mass is 15.3. The lowest BCUT2D eigenvalue weighted by atomic mass is 10.1. The number of hydrogen-bond donors (Lipinski definition) is 0. The van der Waals surface area contributed by atoms with E-state index in [1.54, 1.807) is 0 Å². The van der Waals surface area contributed by atoms with Gasteiger partial charge in [-0.1, -0.05) is 12.8 Å². The van der Waals surface area contributed by atoms with Gasteiger partial charge in [-0.3, -0.25) is 9.58 Å². The molecule has 1 saturated carbocycles. The van der Waals surface area contributed by atoms with E-state index >= 15 is 0 Å². The Morgan fingerprint density at radius 1 is 1.05 bits per heavy atom. The van der Waals surface area contributed by atoms with Crippen molar-refractivity contribution in [3.63, 3.8) is 0 Å². The number of nitrogens with zero attached hydrogens (tertiary/aromatic N) is 4.